The summed E-state index contributed by atoms with van der Waals surface area (Å²) in [5, 5.41) is 7.94. The normalized spacial score (nSPS) is 13.0. The lowest BCUT2D eigenvalue weighted by Crippen LogP contribution is -2.22. The van der Waals surface area contributed by atoms with Gasteiger partial charge in [-0.05, 0) is 41.1 Å². The molecule has 1 aromatic rings. The second-order valence-corrected chi connectivity index (χ2v) is 5.17. The van der Waals surface area contributed by atoms with Gasteiger partial charge in [0.25, 0.3) is 0 Å². The van der Waals surface area contributed by atoms with E-state index in [-0.39, 0.29) is 0 Å². The van der Waals surface area contributed by atoms with Gasteiger partial charge in [0.2, 0.25) is 0 Å². The van der Waals surface area contributed by atoms with Crippen LogP contribution in [0.4, 0.5) is 0 Å². The number of hydrogen-bond donors (Lipinski definition) is 1. The summed E-state index contributed by atoms with van der Waals surface area (Å²) in [6.07, 6.45) is 1.27. The predicted molar refractivity (Wildman–Crippen MR) is 68.4 cm³/mol. The quantitative estimate of drug-likeness (QED) is 0.718. The third-order valence-corrected chi connectivity index (χ3v) is 4.00. The van der Waals surface area contributed by atoms with Crippen molar-refractivity contribution in [2.24, 2.45) is 0 Å². The summed E-state index contributed by atoms with van der Waals surface area (Å²) >= 11 is 3.83. The highest BCUT2D eigenvalue weighted by Crippen LogP contribution is 2.20. The molecule has 14 heavy (non-hydrogen) atoms. The average molecular weight is 229 g/mol. The molecule has 0 aliphatic heterocycles. The molecule has 1 N–H and O–H groups in total. The topological polar surface area (TPSA) is 12.0 Å². The minimum absolute atomic E-state index is 0.544. The molecule has 0 amide bonds. The molecule has 3 heteroatoms. The van der Waals surface area contributed by atoms with Gasteiger partial charge in [0.15, 0.2) is 0 Å². The number of rotatable bonds is 7. The second kappa shape index (κ2) is 7.32. The van der Waals surface area contributed by atoms with E-state index >= 15 is 0 Å². The maximum Gasteiger partial charge on any atom is 0.0420 e. The molecule has 0 bridgehead atoms. The highest BCUT2D eigenvalue weighted by atomic mass is 32.2. The molecule has 1 aromatic heterocycles. The van der Waals surface area contributed by atoms with E-state index in [1.54, 1.807) is 11.3 Å². The lowest BCUT2D eigenvalue weighted by atomic mass is 10.2. The van der Waals surface area contributed by atoms with Crippen molar-refractivity contribution in [3.8, 4) is 0 Å². The fraction of sp³-hybridized carbons (Fsp3) is 0.636. The van der Waals surface area contributed by atoms with Crippen molar-refractivity contribution in [3.05, 3.63) is 22.4 Å². The molecule has 0 spiro atoms. The first-order chi connectivity index (χ1) is 6.88. The summed E-state index contributed by atoms with van der Waals surface area (Å²) < 4.78 is 0. The van der Waals surface area contributed by atoms with Crippen LogP contribution < -0.4 is 5.32 Å². The Bertz CT molecular complexity index is 221. The highest BCUT2D eigenvalue weighted by Gasteiger charge is 2.09. The molecule has 1 atom stereocenters. The van der Waals surface area contributed by atoms with Gasteiger partial charge in [0.05, 0.1) is 0 Å². The number of thioether (sulfide) groups is 1. The summed E-state index contributed by atoms with van der Waals surface area (Å²) in [6, 6.07) is 2.77. The first kappa shape index (κ1) is 12.1. The van der Waals surface area contributed by atoms with Gasteiger partial charge >= 0.3 is 0 Å². The van der Waals surface area contributed by atoms with Gasteiger partial charge in [0, 0.05) is 11.8 Å². The first-order valence-corrected chi connectivity index (χ1v) is 7.31. The Kier molecular flexibility index (Phi) is 6.32. The fourth-order valence-electron chi connectivity index (χ4n) is 1.34. The van der Waals surface area contributed by atoms with Gasteiger partial charge in [-0.2, -0.15) is 23.1 Å². The first-order valence-electron chi connectivity index (χ1n) is 5.21. The maximum atomic E-state index is 3.53. The lowest BCUT2D eigenvalue weighted by molar-refractivity contribution is 0.607. The third kappa shape index (κ3) is 4.03. The van der Waals surface area contributed by atoms with Crippen molar-refractivity contribution >= 4 is 23.1 Å². The van der Waals surface area contributed by atoms with Gasteiger partial charge in [0.1, 0.15) is 0 Å². The molecule has 0 saturated carbocycles. The van der Waals surface area contributed by atoms with Gasteiger partial charge in [-0.3, -0.25) is 0 Å². The summed E-state index contributed by atoms with van der Waals surface area (Å²) in [6.45, 7) is 5.46. The van der Waals surface area contributed by atoms with Gasteiger partial charge in [-0.15, -0.1) is 0 Å². The summed E-state index contributed by atoms with van der Waals surface area (Å²) in [7, 11) is 0. The zero-order valence-corrected chi connectivity index (χ0v) is 10.6. The lowest BCUT2D eigenvalue weighted by Gasteiger charge is -2.16. The van der Waals surface area contributed by atoms with Crippen molar-refractivity contribution in [3.63, 3.8) is 0 Å². The number of thiophene rings is 1. The molecule has 1 rings (SSSR count). The molecule has 0 radical (unpaired) electrons. The molecular formula is C11H19NS2. The average Bonchev–Trinajstić information content (AvgIpc) is 2.70. The monoisotopic (exact) mass is 229 g/mol. The van der Waals surface area contributed by atoms with Crippen LogP contribution in [0, 0.1) is 0 Å². The molecule has 1 unspecified atom stereocenters. The Hall–Kier alpha value is 0.01000. The standard InChI is InChI=1S/C11H19NS2/c1-3-6-13-9-11(12-4-2)10-5-7-14-8-10/h5,7-8,11-12H,3-4,6,9H2,1-2H3. The van der Waals surface area contributed by atoms with E-state index in [0.29, 0.717) is 6.04 Å². The SMILES string of the molecule is CCCSCC(NCC)c1ccsc1. The van der Waals surface area contributed by atoms with Crippen LogP contribution in [0.3, 0.4) is 0 Å². The highest BCUT2D eigenvalue weighted by molar-refractivity contribution is 7.99. The summed E-state index contributed by atoms with van der Waals surface area (Å²) in [5.74, 6) is 2.46. The van der Waals surface area contributed by atoms with Crippen molar-refractivity contribution in [1.82, 2.24) is 5.32 Å². The van der Waals surface area contributed by atoms with E-state index in [2.05, 4.69) is 36.0 Å². The van der Waals surface area contributed by atoms with E-state index < -0.39 is 0 Å². The molecule has 0 fully saturated rings. The van der Waals surface area contributed by atoms with E-state index in [4.69, 9.17) is 0 Å². The smallest absolute Gasteiger partial charge is 0.0420 e. The molecule has 1 nitrogen and oxygen atoms in total. The third-order valence-electron chi connectivity index (χ3n) is 2.03. The zero-order chi connectivity index (χ0) is 10.2. The van der Waals surface area contributed by atoms with Crippen molar-refractivity contribution in [1.29, 1.82) is 0 Å². The molecule has 80 valence electrons. The van der Waals surface area contributed by atoms with Crippen LogP contribution in [0.2, 0.25) is 0 Å². The van der Waals surface area contributed by atoms with Gasteiger partial charge in [-0.1, -0.05) is 13.8 Å². The van der Waals surface area contributed by atoms with Crippen molar-refractivity contribution in [2.45, 2.75) is 26.3 Å². The summed E-state index contributed by atoms with van der Waals surface area (Å²) in [5.41, 5.74) is 1.44. The van der Waals surface area contributed by atoms with Crippen molar-refractivity contribution < 1.29 is 0 Å². The van der Waals surface area contributed by atoms with Crippen LogP contribution in [-0.2, 0) is 0 Å². The second-order valence-electron chi connectivity index (χ2n) is 3.24. The Balaban J connectivity index is 2.39. The summed E-state index contributed by atoms with van der Waals surface area (Å²) in [4.78, 5) is 0. The van der Waals surface area contributed by atoms with E-state index in [1.165, 1.54) is 23.5 Å². The molecule has 0 aliphatic carbocycles. The van der Waals surface area contributed by atoms with Gasteiger partial charge in [-0.25, -0.2) is 0 Å². The van der Waals surface area contributed by atoms with E-state index in [0.717, 1.165) is 6.54 Å². The minimum atomic E-state index is 0.544. The Morgan fingerprint density at radius 3 is 2.93 bits per heavy atom. The maximum absolute atomic E-state index is 3.53. The van der Waals surface area contributed by atoms with Crippen LogP contribution in [0.25, 0.3) is 0 Å². The Morgan fingerprint density at radius 1 is 1.50 bits per heavy atom. The molecule has 1 heterocycles. The molecule has 0 aliphatic rings. The molecule has 0 aromatic carbocycles. The number of nitrogens with one attached hydrogen (secondary N) is 1. The largest absolute Gasteiger partial charge is 0.309 e. The van der Waals surface area contributed by atoms with Crippen LogP contribution >= 0.6 is 23.1 Å². The predicted octanol–water partition coefficient (Wildman–Crippen LogP) is 3.54. The molecular weight excluding hydrogens is 210 g/mol. The van der Waals surface area contributed by atoms with Crippen LogP contribution in [0.15, 0.2) is 16.8 Å². The number of hydrogen-bond acceptors (Lipinski definition) is 3. The zero-order valence-electron chi connectivity index (χ0n) is 8.95. The van der Waals surface area contributed by atoms with Crippen molar-refractivity contribution in [2.75, 3.05) is 18.1 Å². The van der Waals surface area contributed by atoms with Crippen LogP contribution in [0.5, 0.6) is 0 Å². The molecule has 0 saturated heterocycles. The van der Waals surface area contributed by atoms with Crippen LogP contribution in [-0.4, -0.2) is 18.1 Å². The Morgan fingerprint density at radius 2 is 2.36 bits per heavy atom. The van der Waals surface area contributed by atoms with E-state index in [9.17, 15) is 0 Å². The minimum Gasteiger partial charge on any atom is -0.309 e. The van der Waals surface area contributed by atoms with Crippen LogP contribution in [0.1, 0.15) is 31.9 Å². The fourth-order valence-corrected chi connectivity index (χ4v) is 3.05. The van der Waals surface area contributed by atoms with Gasteiger partial charge < -0.3 is 5.32 Å². The Labute approximate surface area is 95.3 Å². The van der Waals surface area contributed by atoms with E-state index in [1.807, 2.05) is 11.8 Å².